The fourth-order valence-electron chi connectivity index (χ4n) is 2.36. The molecule has 0 aromatic heterocycles. The van der Waals surface area contributed by atoms with Crippen LogP contribution >= 0.6 is 0 Å². The molecule has 0 heterocycles. The number of hydrogen-bond acceptors (Lipinski definition) is 3. The molecule has 0 aliphatic rings. The molecule has 0 radical (unpaired) electrons. The first-order valence-corrected chi connectivity index (χ1v) is 7.84. The molecule has 0 unspecified atom stereocenters. The van der Waals surface area contributed by atoms with E-state index in [9.17, 15) is 0 Å². The lowest BCUT2D eigenvalue weighted by Gasteiger charge is -2.34. The molecule has 19 heavy (non-hydrogen) atoms. The van der Waals surface area contributed by atoms with Crippen molar-refractivity contribution >= 4 is 0 Å². The number of nitrogens with zero attached hydrogens (tertiary/aromatic N) is 2. The minimum Gasteiger partial charge on any atom is -0.316 e. The van der Waals surface area contributed by atoms with E-state index in [4.69, 9.17) is 0 Å². The van der Waals surface area contributed by atoms with Gasteiger partial charge in [-0.15, -0.1) is 0 Å². The third kappa shape index (κ3) is 11.4. The van der Waals surface area contributed by atoms with Crippen LogP contribution in [0.2, 0.25) is 0 Å². The predicted octanol–water partition coefficient (Wildman–Crippen LogP) is 2.53. The van der Waals surface area contributed by atoms with Gasteiger partial charge in [0.25, 0.3) is 0 Å². The summed E-state index contributed by atoms with van der Waals surface area (Å²) in [5.41, 5.74) is 0.344. The number of rotatable bonds is 11. The highest BCUT2D eigenvalue weighted by Gasteiger charge is 2.21. The second-order valence-corrected chi connectivity index (χ2v) is 7.27. The topological polar surface area (TPSA) is 18.5 Å². The van der Waals surface area contributed by atoms with Gasteiger partial charge in [-0.05, 0) is 38.4 Å². The maximum Gasteiger partial charge on any atom is 0.0109 e. The number of hydrogen-bond donors (Lipinski definition) is 1. The van der Waals surface area contributed by atoms with Gasteiger partial charge >= 0.3 is 0 Å². The molecular formula is C16H37N3. The van der Waals surface area contributed by atoms with Crippen molar-refractivity contribution < 1.29 is 0 Å². The highest BCUT2D eigenvalue weighted by Crippen LogP contribution is 2.16. The molecule has 0 fully saturated rings. The fraction of sp³-hybridized carbons (Fsp3) is 1.00. The summed E-state index contributed by atoms with van der Waals surface area (Å²) in [6.45, 7) is 18.5. The van der Waals surface area contributed by atoms with Crippen LogP contribution in [0.5, 0.6) is 0 Å². The van der Waals surface area contributed by atoms with Gasteiger partial charge in [0.1, 0.15) is 0 Å². The van der Waals surface area contributed by atoms with Gasteiger partial charge in [-0.1, -0.05) is 34.6 Å². The monoisotopic (exact) mass is 271 g/mol. The summed E-state index contributed by atoms with van der Waals surface area (Å²) in [7, 11) is 4.31. The summed E-state index contributed by atoms with van der Waals surface area (Å²) in [5, 5.41) is 3.56. The van der Waals surface area contributed by atoms with Crippen LogP contribution in [0.4, 0.5) is 0 Å². The lowest BCUT2D eigenvalue weighted by atomic mass is 9.92. The molecule has 3 heteroatoms. The SMILES string of the molecule is CCCNCC(C)(C)CN(CCN(C)C)CC(C)C. The minimum atomic E-state index is 0.344. The van der Waals surface area contributed by atoms with Gasteiger partial charge in [0, 0.05) is 32.7 Å². The highest BCUT2D eigenvalue weighted by molar-refractivity contribution is 4.77. The second kappa shape index (κ2) is 9.73. The van der Waals surface area contributed by atoms with E-state index in [1.807, 2.05) is 0 Å². The first-order valence-electron chi connectivity index (χ1n) is 7.84. The van der Waals surface area contributed by atoms with Crippen molar-refractivity contribution in [3.63, 3.8) is 0 Å². The van der Waals surface area contributed by atoms with E-state index < -0.39 is 0 Å². The Morgan fingerprint density at radius 2 is 1.74 bits per heavy atom. The number of likely N-dealkylation sites (N-methyl/N-ethyl adjacent to an activating group) is 1. The standard InChI is InChI=1S/C16H37N3/c1-8-9-17-13-16(4,5)14-19(12-15(2)3)11-10-18(6)7/h15,17H,8-14H2,1-7H3. The normalized spacial score (nSPS) is 12.9. The molecule has 0 bridgehead atoms. The summed E-state index contributed by atoms with van der Waals surface area (Å²) in [4.78, 5) is 4.90. The summed E-state index contributed by atoms with van der Waals surface area (Å²) in [5.74, 6) is 0.738. The molecule has 0 spiro atoms. The Morgan fingerprint density at radius 3 is 2.21 bits per heavy atom. The summed E-state index contributed by atoms with van der Waals surface area (Å²) >= 11 is 0. The van der Waals surface area contributed by atoms with Crippen molar-refractivity contribution in [1.82, 2.24) is 15.1 Å². The van der Waals surface area contributed by atoms with E-state index in [1.54, 1.807) is 0 Å². The number of nitrogens with one attached hydrogen (secondary N) is 1. The van der Waals surface area contributed by atoms with Crippen molar-refractivity contribution in [1.29, 1.82) is 0 Å². The second-order valence-electron chi connectivity index (χ2n) is 7.27. The Morgan fingerprint density at radius 1 is 1.11 bits per heavy atom. The summed E-state index contributed by atoms with van der Waals surface area (Å²) in [6, 6.07) is 0. The van der Waals surface area contributed by atoms with Crippen LogP contribution in [0.1, 0.15) is 41.0 Å². The largest absolute Gasteiger partial charge is 0.316 e. The van der Waals surface area contributed by atoms with Crippen LogP contribution in [-0.2, 0) is 0 Å². The molecule has 0 aromatic rings. The van der Waals surface area contributed by atoms with Crippen LogP contribution in [0, 0.1) is 11.3 Å². The molecule has 0 aromatic carbocycles. The Labute approximate surface area is 121 Å². The van der Waals surface area contributed by atoms with Gasteiger partial charge in [0.15, 0.2) is 0 Å². The molecular weight excluding hydrogens is 234 g/mol. The minimum absolute atomic E-state index is 0.344. The van der Waals surface area contributed by atoms with Crippen LogP contribution in [-0.4, -0.2) is 63.2 Å². The molecule has 1 N–H and O–H groups in total. The molecule has 0 rings (SSSR count). The maximum atomic E-state index is 3.56. The summed E-state index contributed by atoms with van der Waals surface area (Å²) in [6.07, 6.45) is 1.21. The van der Waals surface area contributed by atoms with Crippen molar-refractivity contribution in [3.8, 4) is 0 Å². The highest BCUT2D eigenvalue weighted by atomic mass is 15.2. The third-order valence-electron chi connectivity index (χ3n) is 3.17. The van der Waals surface area contributed by atoms with E-state index in [0.717, 1.165) is 25.6 Å². The Bertz CT molecular complexity index is 212. The van der Waals surface area contributed by atoms with Gasteiger partial charge in [-0.25, -0.2) is 0 Å². The van der Waals surface area contributed by atoms with Gasteiger partial charge in [0.2, 0.25) is 0 Å². The fourth-order valence-corrected chi connectivity index (χ4v) is 2.36. The van der Waals surface area contributed by atoms with Crippen molar-refractivity contribution in [3.05, 3.63) is 0 Å². The Kier molecular flexibility index (Phi) is 9.67. The van der Waals surface area contributed by atoms with Gasteiger partial charge in [0.05, 0.1) is 0 Å². The van der Waals surface area contributed by atoms with Crippen molar-refractivity contribution in [2.24, 2.45) is 11.3 Å². The smallest absolute Gasteiger partial charge is 0.0109 e. The zero-order chi connectivity index (χ0) is 14.9. The van der Waals surface area contributed by atoms with E-state index in [0.29, 0.717) is 5.41 Å². The van der Waals surface area contributed by atoms with Crippen molar-refractivity contribution in [2.75, 3.05) is 53.4 Å². The summed E-state index contributed by atoms with van der Waals surface area (Å²) < 4.78 is 0. The molecule has 3 nitrogen and oxygen atoms in total. The zero-order valence-corrected chi connectivity index (χ0v) is 14.4. The Balaban J connectivity index is 4.25. The molecule has 0 saturated carbocycles. The van der Waals surface area contributed by atoms with Gasteiger partial charge in [-0.3, -0.25) is 0 Å². The van der Waals surface area contributed by atoms with Crippen molar-refractivity contribution in [2.45, 2.75) is 41.0 Å². The van der Waals surface area contributed by atoms with E-state index in [-0.39, 0.29) is 0 Å². The van der Waals surface area contributed by atoms with E-state index in [2.05, 4.69) is 63.8 Å². The molecule has 0 saturated heterocycles. The quantitative estimate of drug-likeness (QED) is 0.583. The van der Waals surface area contributed by atoms with Gasteiger partial charge in [-0.2, -0.15) is 0 Å². The first-order chi connectivity index (χ1) is 8.76. The maximum absolute atomic E-state index is 3.56. The van der Waals surface area contributed by atoms with Crippen LogP contribution < -0.4 is 5.32 Å². The molecule has 0 aliphatic carbocycles. The molecule has 0 atom stereocenters. The van der Waals surface area contributed by atoms with Crippen LogP contribution in [0.3, 0.4) is 0 Å². The lowest BCUT2D eigenvalue weighted by molar-refractivity contribution is 0.149. The van der Waals surface area contributed by atoms with Gasteiger partial charge < -0.3 is 15.1 Å². The average molecular weight is 271 g/mol. The molecule has 0 aliphatic heterocycles. The zero-order valence-electron chi connectivity index (χ0n) is 14.4. The van der Waals surface area contributed by atoms with Crippen LogP contribution in [0.25, 0.3) is 0 Å². The predicted molar refractivity (Wildman–Crippen MR) is 86.8 cm³/mol. The molecule has 0 amide bonds. The van der Waals surface area contributed by atoms with Crippen LogP contribution in [0.15, 0.2) is 0 Å². The average Bonchev–Trinajstić information content (AvgIpc) is 2.24. The molecule has 116 valence electrons. The first kappa shape index (κ1) is 18.9. The lowest BCUT2D eigenvalue weighted by Crippen LogP contribution is -2.44. The Hall–Kier alpha value is -0.120. The third-order valence-corrected chi connectivity index (χ3v) is 3.17. The van der Waals surface area contributed by atoms with E-state index in [1.165, 1.54) is 26.1 Å². The van der Waals surface area contributed by atoms with E-state index >= 15 is 0 Å².